The van der Waals surface area contributed by atoms with Gasteiger partial charge in [-0.1, -0.05) is 176 Å². The van der Waals surface area contributed by atoms with Crippen molar-refractivity contribution >= 4 is 43.5 Å². The van der Waals surface area contributed by atoms with Crippen LogP contribution in [0.2, 0.25) is 0 Å². The van der Waals surface area contributed by atoms with Gasteiger partial charge in [0.2, 0.25) is 0 Å². The molecule has 1 aliphatic heterocycles. The van der Waals surface area contributed by atoms with E-state index in [-0.39, 0.29) is 0 Å². The van der Waals surface area contributed by atoms with Crippen LogP contribution in [0.15, 0.2) is 211 Å². The van der Waals surface area contributed by atoms with Crippen molar-refractivity contribution in [3.8, 4) is 56.0 Å². The summed E-state index contributed by atoms with van der Waals surface area (Å²) in [5.74, 6) is 1.74. The lowest BCUT2D eigenvalue weighted by molar-refractivity contribution is 0.487. The second kappa shape index (κ2) is 12.2. The molecular formula is C57H34O2. The summed E-state index contributed by atoms with van der Waals surface area (Å²) in [6, 6.07) is 74.9. The van der Waals surface area contributed by atoms with Gasteiger partial charge >= 0.3 is 0 Å². The SMILES string of the molecule is c1ccc(C2(c3ccccc3)c3ccccc3-c3c(-c4ccc5c6c(cccc46)-c4cc(-c6cccc7oc8c9ccccc9ccc8c67)ccc4O5)cccc32)cc1. The van der Waals surface area contributed by atoms with Crippen molar-refractivity contribution in [1.82, 2.24) is 0 Å². The molecule has 11 aromatic rings. The molecule has 0 N–H and O–H groups in total. The molecule has 59 heavy (non-hydrogen) atoms. The van der Waals surface area contributed by atoms with Crippen LogP contribution in [-0.2, 0) is 5.41 Å². The van der Waals surface area contributed by atoms with Gasteiger partial charge in [-0.2, -0.15) is 0 Å². The topological polar surface area (TPSA) is 22.4 Å². The van der Waals surface area contributed by atoms with Gasteiger partial charge in [0, 0.05) is 27.1 Å². The monoisotopic (exact) mass is 750 g/mol. The van der Waals surface area contributed by atoms with Gasteiger partial charge in [0.25, 0.3) is 0 Å². The number of furan rings is 1. The van der Waals surface area contributed by atoms with Gasteiger partial charge in [0.05, 0.1) is 5.41 Å². The minimum atomic E-state index is -0.467. The van der Waals surface area contributed by atoms with E-state index in [1.165, 1.54) is 60.8 Å². The molecule has 2 heterocycles. The first kappa shape index (κ1) is 32.4. The Labute approximate surface area is 341 Å². The minimum Gasteiger partial charge on any atom is -0.456 e. The highest BCUT2D eigenvalue weighted by molar-refractivity contribution is 6.19. The zero-order chi connectivity index (χ0) is 38.7. The van der Waals surface area contributed by atoms with Crippen molar-refractivity contribution in [3.63, 3.8) is 0 Å². The van der Waals surface area contributed by atoms with Crippen molar-refractivity contribution in [3.05, 3.63) is 229 Å². The molecule has 0 atom stereocenters. The second-order valence-corrected chi connectivity index (χ2v) is 15.9. The average molecular weight is 751 g/mol. The van der Waals surface area contributed by atoms with E-state index < -0.39 is 5.41 Å². The lowest BCUT2D eigenvalue weighted by Crippen LogP contribution is -2.28. The third-order valence-corrected chi connectivity index (χ3v) is 13.0. The maximum Gasteiger partial charge on any atom is 0.143 e. The average Bonchev–Trinajstić information content (AvgIpc) is 3.85. The molecule has 2 aliphatic rings. The third-order valence-electron chi connectivity index (χ3n) is 13.0. The molecule has 0 radical (unpaired) electrons. The van der Waals surface area contributed by atoms with Crippen molar-refractivity contribution in [2.75, 3.05) is 0 Å². The van der Waals surface area contributed by atoms with E-state index >= 15 is 0 Å². The zero-order valence-corrected chi connectivity index (χ0v) is 31.9. The predicted octanol–water partition coefficient (Wildman–Crippen LogP) is 15.4. The lowest BCUT2D eigenvalue weighted by Gasteiger charge is -2.34. The summed E-state index contributed by atoms with van der Waals surface area (Å²) >= 11 is 0. The maximum absolute atomic E-state index is 6.80. The van der Waals surface area contributed by atoms with E-state index in [9.17, 15) is 0 Å². The molecule has 2 heteroatoms. The molecule has 2 nitrogen and oxygen atoms in total. The van der Waals surface area contributed by atoms with Gasteiger partial charge < -0.3 is 9.15 Å². The molecule has 13 rings (SSSR count). The normalized spacial score (nSPS) is 13.4. The summed E-state index contributed by atoms with van der Waals surface area (Å²) in [7, 11) is 0. The highest BCUT2D eigenvalue weighted by Crippen LogP contribution is 2.59. The summed E-state index contributed by atoms with van der Waals surface area (Å²) in [5.41, 5.74) is 16.0. The smallest absolute Gasteiger partial charge is 0.143 e. The first-order valence-electron chi connectivity index (χ1n) is 20.3. The Morgan fingerprint density at radius 3 is 1.88 bits per heavy atom. The van der Waals surface area contributed by atoms with E-state index in [2.05, 4.69) is 206 Å². The lowest BCUT2D eigenvalue weighted by atomic mass is 9.67. The summed E-state index contributed by atoms with van der Waals surface area (Å²) in [6.07, 6.45) is 0. The first-order chi connectivity index (χ1) is 29.3. The van der Waals surface area contributed by atoms with Crippen LogP contribution >= 0.6 is 0 Å². The van der Waals surface area contributed by atoms with Gasteiger partial charge in [0.15, 0.2) is 0 Å². The number of rotatable bonds is 4. The van der Waals surface area contributed by atoms with Gasteiger partial charge in [-0.25, -0.2) is 0 Å². The van der Waals surface area contributed by atoms with Crippen LogP contribution in [0.25, 0.3) is 88.0 Å². The Morgan fingerprint density at radius 1 is 0.356 bits per heavy atom. The van der Waals surface area contributed by atoms with E-state index in [0.29, 0.717) is 0 Å². The van der Waals surface area contributed by atoms with Crippen LogP contribution in [0, 0.1) is 0 Å². The minimum absolute atomic E-state index is 0.467. The molecule has 1 aromatic heterocycles. The fourth-order valence-electron chi connectivity index (χ4n) is 10.5. The van der Waals surface area contributed by atoms with E-state index in [4.69, 9.17) is 9.15 Å². The van der Waals surface area contributed by atoms with E-state index in [0.717, 1.165) is 60.9 Å². The summed E-state index contributed by atoms with van der Waals surface area (Å²) in [5, 5.41) is 6.87. The standard InChI is InChI=1S/C57H34O2/c1-3-15-37(16-4-1)57(38-17-5-2-6-18-38)48-25-10-9-20-45(48)53-42(24-12-26-49(53)57)41-31-33-52-55-43(41)22-11-23-44(55)47-34-36(29-32-50(47)58-52)39-21-13-27-51-54(39)46-30-28-35-14-7-8-19-40(35)56(46)59-51/h1-34H. The molecule has 0 saturated heterocycles. The Morgan fingerprint density at radius 2 is 1.02 bits per heavy atom. The number of benzene rings is 10. The third kappa shape index (κ3) is 4.40. The van der Waals surface area contributed by atoms with E-state index in [1.54, 1.807) is 0 Å². The highest BCUT2D eigenvalue weighted by Gasteiger charge is 2.46. The Balaban J connectivity index is 1.02. The van der Waals surface area contributed by atoms with Gasteiger partial charge in [-0.05, 0) is 102 Å². The van der Waals surface area contributed by atoms with Crippen molar-refractivity contribution in [2.24, 2.45) is 0 Å². The molecule has 0 spiro atoms. The van der Waals surface area contributed by atoms with Crippen LogP contribution < -0.4 is 4.74 Å². The Hall–Kier alpha value is -7.68. The van der Waals surface area contributed by atoms with Crippen LogP contribution in [0.5, 0.6) is 11.5 Å². The van der Waals surface area contributed by atoms with Crippen LogP contribution in [0.4, 0.5) is 0 Å². The molecule has 274 valence electrons. The van der Waals surface area contributed by atoms with Crippen molar-refractivity contribution < 1.29 is 9.15 Å². The molecule has 0 bridgehead atoms. The summed E-state index contributed by atoms with van der Waals surface area (Å²) in [4.78, 5) is 0. The largest absolute Gasteiger partial charge is 0.456 e. The summed E-state index contributed by atoms with van der Waals surface area (Å²) in [6.45, 7) is 0. The fraction of sp³-hybridized carbons (Fsp3) is 0.0175. The number of hydrogen-bond donors (Lipinski definition) is 0. The Bertz CT molecular complexity index is 3480. The van der Waals surface area contributed by atoms with Gasteiger partial charge in [-0.3, -0.25) is 0 Å². The second-order valence-electron chi connectivity index (χ2n) is 15.9. The molecule has 0 saturated carbocycles. The Kier molecular flexibility index (Phi) is 6.68. The number of hydrogen-bond acceptors (Lipinski definition) is 2. The molecule has 0 amide bonds. The molecule has 10 aromatic carbocycles. The predicted molar refractivity (Wildman–Crippen MR) is 242 cm³/mol. The molecule has 1 aliphatic carbocycles. The maximum atomic E-state index is 6.80. The quantitative estimate of drug-likeness (QED) is 0.179. The number of ether oxygens (including phenoxy) is 1. The fourth-order valence-corrected chi connectivity index (χ4v) is 10.5. The van der Waals surface area contributed by atoms with Crippen molar-refractivity contribution in [1.29, 1.82) is 0 Å². The molecule has 0 unspecified atom stereocenters. The summed E-state index contributed by atoms with van der Waals surface area (Å²) < 4.78 is 13.4. The number of fused-ring (bicyclic) bond motifs is 10. The van der Waals surface area contributed by atoms with Crippen LogP contribution in [0.3, 0.4) is 0 Å². The van der Waals surface area contributed by atoms with Crippen LogP contribution in [0.1, 0.15) is 22.3 Å². The van der Waals surface area contributed by atoms with Gasteiger partial charge in [0.1, 0.15) is 22.7 Å². The first-order valence-corrected chi connectivity index (χ1v) is 20.3. The van der Waals surface area contributed by atoms with Crippen LogP contribution in [-0.4, -0.2) is 0 Å². The molecule has 0 fully saturated rings. The van der Waals surface area contributed by atoms with Crippen molar-refractivity contribution in [2.45, 2.75) is 5.41 Å². The zero-order valence-electron chi connectivity index (χ0n) is 31.9. The molecular weight excluding hydrogens is 717 g/mol. The van der Waals surface area contributed by atoms with E-state index in [1.807, 2.05) is 0 Å². The van der Waals surface area contributed by atoms with Gasteiger partial charge in [-0.15, -0.1) is 0 Å². The highest BCUT2D eigenvalue weighted by atomic mass is 16.5.